The van der Waals surface area contributed by atoms with Gasteiger partial charge in [-0.25, -0.2) is 4.79 Å². The molecule has 0 unspecified atom stereocenters. The molecule has 1 aromatic carbocycles. The number of hydrogen-bond acceptors (Lipinski definition) is 4. The molecule has 104 valence electrons. The molecule has 0 saturated heterocycles. The number of rotatable bonds is 7. The van der Waals surface area contributed by atoms with Crippen LogP contribution in [0.5, 0.6) is 0 Å². The molecule has 0 radical (unpaired) electrons. The predicted molar refractivity (Wildman–Crippen MR) is 75.9 cm³/mol. The average molecular weight is 282 g/mol. The summed E-state index contributed by atoms with van der Waals surface area (Å²) >= 11 is 1.59. The Morgan fingerprint density at radius 3 is 2.53 bits per heavy atom. The minimum absolute atomic E-state index is 0.440. The Hall–Kier alpha value is -1.53. The highest BCUT2D eigenvalue weighted by molar-refractivity contribution is 7.98. The molecule has 2 atom stereocenters. The summed E-state index contributed by atoms with van der Waals surface area (Å²) in [6.07, 6.45) is 2.45. The Balaban J connectivity index is 2.70. The van der Waals surface area contributed by atoms with Gasteiger partial charge in [0.2, 0.25) is 5.91 Å². The highest BCUT2D eigenvalue weighted by atomic mass is 32.2. The van der Waals surface area contributed by atoms with Crippen LogP contribution in [0.1, 0.15) is 18.0 Å². The Morgan fingerprint density at radius 1 is 1.37 bits per heavy atom. The van der Waals surface area contributed by atoms with Crippen LogP contribution in [0, 0.1) is 0 Å². The molecule has 1 amide bonds. The zero-order chi connectivity index (χ0) is 14.3. The molecule has 4 N–H and O–H groups in total. The fourth-order valence-corrected chi connectivity index (χ4v) is 2.05. The first-order chi connectivity index (χ1) is 9.06. The summed E-state index contributed by atoms with van der Waals surface area (Å²) in [5.74, 6) is -0.778. The van der Waals surface area contributed by atoms with Gasteiger partial charge in [-0.05, 0) is 24.0 Å². The number of thioether (sulfide) groups is 1. The number of amides is 1. The molecule has 0 spiro atoms. The van der Waals surface area contributed by atoms with E-state index in [4.69, 9.17) is 5.73 Å². The van der Waals surface area contributed by atoms with Gasteiger partial charge in [0, 0.05) is 0 Å². The van der Waals surface area contributed by atoms with Gasteiger partial charge < -0.3 is 16.2 Å². The number of hydrogen-bond donors (Lipinski definition) is 3. The fourth-order valence-electron chi connectivity index (χ4n) is 1.56. The molecular formula is C13H18N2O3S. The van der Waals surface area contributed by atoms with Crippen LogP contribution in [0.25, 0.3) is 0 Å². The maximum Gasteiger partial charge on any atom is 0.330 e. The van der Waals surface area contributed by atoms with Crippen molar-refractivity contribution in [3.63, 3.8) is 0 Å². The highest BCUT2D eigenvalue weighted by Crippen LogP contribution is 2.13. The predicted octanol–water partition coefficient (Wildman–Crippen LogP) is 1.01. The van der Waals surface area contributed by atoms with Gasteiger partial charge >= 0.3 is 5.97 Å². The zero-order valence-electron chi connectivity index (χ0n) is 10.7. The monoisotopic (exact) mass is 282 g/mol. The summed E-state index contributed by atoms with van der Waals surface area (Å²) in [4.78, 5) is 23.0. The molecule has 19 heavy (non-hydrogen) atoms. The molecule has 1 aromatic rings. The van der Waals surface area contributed by atoms with Gasteiger partial charge in [0.25, 0.3) is 0 Å². The van der Waals surface area contributed by atoms with Gasteiger partial charge in [-0.3, -0.25) is 4.79 Å². The largest absolute Gasteiger partial charge is 0.479 e. The lowest BCUT2D eigenvalue weighted by molar-refractivity contribution is -0.142. The molecule has 5 nitrogen and oxygen atoms in total. The minimum atomic E-state index is -1.10. The van der Waals surface area contributed by atoms with Crippen molar-refractivity contribution in [3.8, 4) is 0 Å². The van der Waals surface area contributed by atoms with Gasteiger partial charge in [0.1, 0.15) is 0 Å². The number of benzene rings is 1. The zero-order valence-corrected chi connectivity index (χ0v) is 11.5. The van der Waals surface area contributed by atoms with E-state index in [1.54, 1.807) is 42.1 Å². The van der Waals surface area contributed by atoms with Crippen molar-refractivity contribution >= 4 is 23.6 Å². The van der Waals surface area contributed by atoms with Crippen molar-refractivity contribution in [1.82, 2.24) is 5.32 Å². The third-order valence-electron chi connectivity index (χ3n) is 2.64. The molecule has 1 rings (SSSR count). The maximum absolute atomic E-state index is 11.8. The Bertz CT molecular complexity index is 425. The molecule has 0 bridgehead atoms. The van der Waals surface area contributed by atoms with Crippen molar-refractivity contribution in [3.05, 3.63) is 35.9 Å². The number of nitrogens with two attached hydrogens (primary N) is 1. The molecule has 0 saturated carbocycles. The number of nitrogens with one attached hydrogen (secondary N) is 1. The van der Waals surface area contributed by atoms with Gasteiger partial charge in [-0.15, -0.1) is 0 Å². The first kappa shape index (κ1) is 15.5. The molecule has 0 aromatic heterocycles. The van der Waals surface area contributed by atoms with E-state index >= 15 is 0 Å². The van der Waals surface area contributed by atoms with Crippen molar-refractivity contribution in [2.45, 2.75) is 18.5 Å². The average Bonchev–Trinajstić information content (AvgIpc) is 2.42. The summed E-state index contributed by atoms with van der Waals surface area (Å²) in [5, 5.41) is 11.6. The van der Waals surface area contributed by atoms with Crippen LogP contribution in [0.15, 0.2) is 30.3 Å². The summed E-state index contributed by atoms with van der Waals surface area (Å²) in [5.41, 5.74) is 6.24. The van der Waals surface area contributed by atoms with Crippen molar-refractivity contribution in [2.24, 2.45) is 5.73 Å². The third-order valence-corrected chi connectivity index (χ3v) is 3.28. The SMILES string of the molecule is CSCC[C@@H](N)C(=O)N[C@@H](C(=O)O)c1ccccc1. The number of carboxylic acids is 1. The fraction of sp³-hybridized carbons (Fsp3) is 0.385. The van der Waals surface area contributed by atoms with Gasteiger partial charge in [0.15, 0.2) is 6.04 Å². The lowest BCUT2D eigenvalue weighted by atomic mass is 10.1. The minimum Gasteiger partial charge on any atom is -0.479 e. The van der Waals surface area contributed by atoms with E-state index in [2.05, 4.69) is 5.32 Å². The van der Waals surface area contributed by atoms with Crippen LogP contribution in [0.4, 0.5) is 0 Å². The third kappa shape index (κ3) is 4.92. The number of aliphatic carboxylic acids is 1. The lowest BCUT2D eigenvalue weighted by Gasteiger charge is -2.17. The lowest BCUT2D eigenvalue weighted by Crippen LogP contribution is -2.44. The van der Waals surface area contributed by atoms with Crippen LogP contribution in [0.3, 0.4) is 0 Å². The number of carboxylic acid groups (broad SMARTS) is 1. The van der Waals surface area contributed by atoms with Crippen molar-refractivity contribution in [1.29, 1.82) is 0 Å². The summed E-state index contributed by atoms with van der Waals surface area (Å²) in [6.45, 7) is 0. The molecule has 0 fully saturated rings. The van der Waals surface area contributed by atoms with Crippen LogP contribution in [-0.4, -0.2) is 35.0 Å². The molecule has 0 aliphatic heterocycles. The van der Waals surface area contributed by atoms with Gasteiger partial charge in [0.05, 0.1) is 6.04 Å². The standard InChI is InChI=1S/C13H18N2O3S/c1-19-8-7-10(14)12(16)15-11(13(17)18)9-5-3-2-4-6-9/h2-6,10-11H,7-8,14H2,1H3,(H,15,16)(H,17,18)/t10-,11-/m1/s1. The first-order valence-corrected chi connectivity index (χ1v) is 7.28. The molecular weight excluding hydrogens is 264 g/mol. The van der Waals surface area contributed by atoms with E-state index in [-0.39, 0.29) is 0 Å². The van der Waals surface area contributed by atoms with E-state index in [0.29, 0.717) is 12.0 Å². The maximum atomic E-state index is 11.8. The Labute approximate surface area is 116 Å². The summed E-state index contributed by atoms with van der Waals surface area (Å²) < 4.78 is 0. The van der Waals surface area contributed by atoms with Gasteiger partial charge in [-0.1, -0.05) is 30.3 Å². The summed E-state index contributed by atoms with van der Waals surface area (Å²) in [7, 11) is 0. The van der Waals surface area contributed by atoms with Crippen LogP contribution in [-0.2, 0) is 9.59 Å². The summed E-state index contributed by atoms with van der Waals surface area (Å²) in [6, 6.07) is 6.82. The second kappa shape index (κ2) is 7.81. The van der Waals surface area contributed by atoms with Crippen LogP contribution in [0.2, 0.25) is 0 Å². The molecule has 0 aliphatic carbocycles. The van der Waals surface area contributed by atoms with E-state index in [1.165, 1.54) is 0 Å². The van der Waals surface area contributed by atoms with Crippen molar-refractivity contribution < 1.29 is 14.7 Å². The quantitative estimate of drug-likeness (QED) is 0.694. The van der Waals surface area contributed by atoms with E-state index in [9.17, 15) is 14.7 Å². The van der Waals surface area contributed by atoms with Gasteiger partial charge in [-0.2, -0.15) is 11.8 Å². The second-order valence-corrected chi connectivity index (χ2v) is 5.06. The Kier molecular flexibility index (Phi) is 6.38. The van der Waals surface area contributed by atoms with Crippen LogP contribution < -0.4 is 11.1 Å². The molecule has 6 heteroatoms. The smallest absolute Gasteiger partial charge is 0.330 e. The second-order valence-electron chi connectivity index (χ2n) is 4.08. The topological polar surface area (TPSA) is 92.4 Å². The Morgan fingerprint density at radius 2 is 2.00 bits per heavy atom. The molecule has 0 heterocycles. The van der Waals surface area contributed by atoms with Crippen molar-refractivity contribution in [2.75, 3.05) is 12.0 Å². The van der Waals surface area contributed by atoms with E-state index < -0.39 is 24.0 Å². The van der Waals surface area contributed by atoms with Crippen LogP contribution >= 0.6 is 11.8 Å². The normalized spacial score (nSPS) is 13.6. The first-order valence-electron chi connectivity index (χ1n) is 5.89. The van der Waals surface area contributed by atoms with E-state index in [1.807, 2.05) is 6.26 Å². The number of carbonyl (C=O) groups excluding carboxylic acids is 1. The molecule has 0 aliphatic rings. The highest BCUT2D eigenvalue weighted by Gasteiger charge is 2.24. The number of carbonyl (C=O) groups is 2. The van der Waals surface area contributed by atoms with E-state index in [0.717, 1.165) is 5.75 Å².